The van der Waals surface area contributed by atoms with E-state index in [2.05, 4.69) is 4.98 Å². The Bertz CT molecular complexity index is 702. The smallest absolute Gasteiger partial charge is 0.141 e. The molecule has 25 heavy (non-hydrogen) atoms. The summed E-state index contributed by atoms with van der Waals surface area (Å²) in [4.78, 5) is 4.33. The second kappa shape index (κ2) is 6.83. The summed E-state index contributed by atoms with van der Waals surface area (Å²) in [5, 5.41) is 0. The molecule has 4 rings (SSSR count). The van der Waals surface area contributed by atoms with Crippen LogP contribution in [0.2, 0.25) is 0 Å². The van der Waals surface area contributed by atoms with E-state index in [0.29, 0.717) is 11.8 Å². The zero-order valence-electron chi connectivity index (χ0n) is 14.3. The molecule has 1 aromatic heterocycles. The Balaban J connectivity index is 1.51. The minimum atomic E-state index is -0.410. The highest BCUT2D eigenvalue weighted by atomic mass is 19.1. The molecule has 2 nitrogen and oxygen atoms in total. The van der Waals surface area contributed by atoms with Gasteiger partial charge in [0.25, 0.3) is 0 Å². The monoisotopic (exact) mass is 343 g/mol. The summed E-state index contributed by atoms with van der Waals surface area (Å²) in [7, 11) is 0. The maximum Gasteiger partial charge on any atom is 0.141 e. The molecule has 2 fully saturated rings. The quantitative estimate of drug-likeness (QED) is 0.731. The number of hydrogen-bond acceptors (Lipinski definition) is 2. The Hall–Kier alpha value is -1.81. The van der Waals surface area contributed by atoms with Gasteiger partial charge in [0.1, 0.15) is 17.2 Å². The van der Waals surface area contributed by atoms with Gasteiger partial charge in [-0.25, -0.2) is 8.78 Å². The van der Waals surface area contributed by atoms with E-state index < -0.39 is 5.60 Å². The van der Waals surface area contributed by atoms with Crippen molar-refractivity contribution in [1.82, 2.24) is 4.98 Å². The number of aromatic nitrogens is 1. The van der Waals surface area contributed by atoms with Crippen LogP contribution in [0.5, 0.6) is 0 Å². The van der Waals surface area contributed by atoms with Crippen molar-refractivity contribution in [3.8, 4) is 0 Å². The van der Waals surface area contributed by atoms with E-state index in [-0.39, 0.29) is 11.6 Å². The van der Waals surface area contributed by atoms with Crippen LogP contribution in [-0.4, -0.2) is 11.6 Å². The number of benzene rings is 1. The lowest BCUT2D eigenvalue weighted by atomic mass is 9.74. The highest BCUT2D eigenvalue weighted by molar-refractivity contribution is 5.23. The third-order valence-corrected chi connectivity index (χ3v) is 5.62. The van der Waals surface area contributed by atoms with Crippen molar-refractivity contribution in [2.45, 2.75) is 50.0 Å². The first kappa shape index (κ1) is 16.6. The Labute approximate surface area is 147 Å². The normalized spacial score (nSPS) is 26.6. The Kier molecular flexibility index (Phi) is 4.55. The van der Waals surface area contributed by atoms with Gasteiger partial charge in [-0.3, -0.25) is 4.98 Å². The third kappa shape index (κ3) is 3.74. The van der Waals surface area contributed by atoms with Crippen molar-refractivity contribution in [2.75, 3.05) is 6.61 Å². The van der Waals surface area contributed by atoms with Crippen molar-refractivity contribution in [3.05, 3.63) is 65.5 Å². The molecule has 1 aromatic carbocycles. The molecular weight excluding hydrogens is 320 g/mol. The Morgan fingerprint density at radius 2 is 1.60 bits per heavy atom. The minimum Gasteiger partial charge on any atom is -0.368 e. The molecule has 0 spiro atoms. The van der Waals surface area contributed by atoms with Crippen molar-refractivity contribution >= 4 is 0 Å². The van der Waals surface area contributed by atoms with Crippen molar-refractivity contribution in [3.63, 3.8) is 0 Å². The van der Waals surface area contributed by atoms with Crippen LogP contribution in [0.4, 0.5) is 8.78 Å². The number of hydrogen-bond donors (Lipinski definition) is 0. The third-order valence-electron chi connectivity index (χ3n) is 5.62. The lowest BCUT2D eigenvalue weighted by molar-refractivity contribution is -0.0863. The summed E-state index contributed by atoms with van der Waals surface area (Å²) >= 11 is 0. The van der Waals surface area contributed by atoms with E-state index in [1.807, 2.05) is 12.1 Å². The number of halogens is 2. The van der Waals surface area contributed by atoms with Crippen LogP contribution < -0.4 is 0 Å². The fraction of sp³-hybridized carbons (Fsp3) is 0.476. The predicted molar refractivity (Wildman–Crippen MR) is 92.2 cm³/mol. The topological polar surface area (TPSA) is 22.1 Å². The average Bonchev–Trinajstić information content (AvgIpc) is 3.46. The van der Waals surface area contributed by atoms with Crippen LogP contribution in [0.1, 0.15) is 55.7 Å². The first-order valence-electron chi connectivity index (χ1n) is 9.16. The Morgan fingerprint density at radius 1 is 0.920 bits per heavy atom. The maximum absolute atomic E-state index is 13.3. The predicted octanol–water partition coefficient (Wildman–Crippen LogP) is 5.34. The summed E-state index contributed by atoms with van der Waals surface area (Å²) in [5.74, 6) is 0.573. The average molecular weight is 343 g/mol. The van der Waals surface area contributed by atoms with Crippen molar-refractivity contribution < 1.29 is 13.5 Å². The number of rotatable bonds is 5. The number of pyridine rings is 1. The summed E-state index contributed by atoms with van der Waals surface area (Å²) in [6.07, 6.45) is 7.42. The van der Waals surface area contributed by atoms with Gasteiger partial charge in [0.2, 0.25) is 0 Å². The van der Waals surface area contributed by atoms with Gasteiger partial charge < -0.3 is 4.74 Å². The lowest BCUT2D eigenvalue weighted by Crippen LogP contribution is -2.36. The standard InChI is InChI=1S/C21H23F2NO/c22-18-5-3-16(4-6-18)17-9-11-21(12-10-17,25-14-15-1-2-15)20-8-7-19(23)13-24-20/h3-8,13,15,17H,1-2,9-12,14H2. The van der Waals surface area contributed by atoms with Crippen LogP contribution in [-0.2, 0) is 10.3 Å². The lowest BCUT2D eigenvalue weighted by Gasteiger charge is -2.40. The second-order valence-corrected chi connectivity index (χ2v) is 7.44. The zero-order valence-corrected chi connectivity index (χ0v) is 14.3. The van der Waals surface area contributed by atoms with E-state index in [9.17, 15) is 8.78 Å². The molecule has 2 aliphatic rings. The largest absolute Gasteiger partial charge is 0.368 e. The molecule has 0 amide bonds. The fourth-order valence-corrected chi connectivity index (χ4v) is 3.83. The summed E-state index contributed by atoms with van der Waals surface area (Å²) in [6, 6.07) is 10.1. The second-order valence-electron chi connectivity index (χ2n) is 7.44. The molecule has 2 saturated carbocycles. The molecular formula is C21H23F2NO. The van der Waals surface area contributed by atoms with Gasteiger partial charge in [-0.1, -0.05) is 12.1 Å². The molecule has 0 radical (unpaired) electrons. The van der Waals surface area contributed by atoms with Crippen LogP contribution in [0.15, 0.2) is 42.6 Å². The summed E-state index contributed by atoms with van der Waals surface area (Å²) in [5.41, 5.74) is 1.61. The number of nitrogens with zero attached hydrogens (tertiary/aromatic N) is 1. The molecule has 0 N–H and O–H groups in total. The molecule has 132 valence electrons. The highest BCUT2D eigenvalue weighted by Gasteiger charge is 2.40. The van der Waals surface area contributed by atoms with Crippen LogP contribution in [0.3, 0.4) is 0 Å². The molecule has 4 heteroatoms. The number of ether oxygens (including phenoxy) is 1. The van der Waals surface area contributed by atoms with Crippen molar-refractivity contribution in [2.24, 2.45) is 5.92 Å². The van der Waals surface area contributed by atoms with Gasteiger partial charge in [0.05, 0.1) is 18.5 Å². The van der Waals surface area contributed by atoms with Gasteiger partial charge in [-0.05, 0) is 80.2 Å². The van der Waals surface area contributed by atoms with Gasteiger partial charge in [-0.15, -0.1) is 0 Å². The van der Waals surface area contributed by atoms with E-state index in [1.165, 1.54) is 42.8 Å². The SMILES string of the molecule is Fc1ccc(C2CCC(OCC3CC3)(c3ccc(F)cn3)CC2)cc1. The molecule has 0 aliphatic heterocycles. The molecule has 2 aliphatic carbocycles. The molecule has 0 atom stereocenters. The van der Waals surface area contributed by atoms with Crippen molar-refractivity contribution in [1.29, 1.82) is 0 Å². The van der Waals surface area contributed by atoms with Crippen LogP contribution >= 0.6 is 0 Å². The van der Waals surface area contributed by atoms with Gasteiger partial charge in [0, 0.05) is 0 Å². The van der Waals surface area contributed by atoms with Gasteiger partial charge in [0.15, 0.2) is 0 Å². The first-order valence-corrected chi connectivity index (χ1v) is 9.16. The van der Waals surface area contributed by atoms with Gasteiger partial charge >= 0.3 is 0 Å². The highest BCUT2D eigenvalue weighted by Crippen LogP contribution is 2.46. The molecule has 0 unspecified atom stereocenters. The van der Waals surface area contributed by atoms with Crippen LogP contribution in [0.25, 0.3) is 0 Å². The minimum absolute atomic E-state index is 0.197. The molecule has 0 saturated heterocycles. The maximum atomic E-state index is 13.3. The van der Waals surface area contributed by atoms with E-state index in [1.54, 1.807) is 6.07 Å². The van der Waals surface area contributed by atoms with E-state index >= 15 is 0 Å². The molecule has 0 bridgehead atoms. The Morgan fingerprint density at radius 3 is 2.20 bits per heavy atom. The molecule has 1 heterocycles. The van der Waals surface area contributed by atoms with Crippen LogP contribution in [0, 0.1) is 17.6 Å². The first-order chi connectivity index (χ1) is 12.1. The van der Waals surface area contributed by atoms with E-state index in [0.717, 1.165) is 38.0 Å². The zero-order chi connectivity index (χ0) is 17.3. The fourth-order valence-electron chi connectivity index (χ4n) is 3.83. The molecule has 2 aromatic rings. The van der Waals surface area contributed by atoms with E-state index in [4.69, 9.17) is 4.74 Å². The summed E-state index contributed by atoms with van der Waals surface area (Å²) in [6.45, 7) is 0.764. The van der Waals surface area contributed by atoms with Gasteiger partial charge in [-0.2, -0.15) is 0 Å². The summed E-state index contributed by atoms with van der Waals surface area (Å²) < 4.78 is 32.8.